The summed E-state index contributed by atoms with van der Waals surface area (Å²) < 4.78 is 28.7. The molecule has 0 aliphatic carbocycles. The molecule has 0 saturated carbocycles. The summed E-state index contributed by atoms with van der Waals surface area (Å²) in [6.07, 6.45) is 3.91. The molecule has 144 valence electrons. The van der Waals surface area contributed by atoms with E-state index >= 15 is 0 Å². The van der Waals surface area contributed by atoms with Gasteiger partial charge in [-0.05, 0) is 72.2 Å². The zero-order chi connectivity index (χ0) is 19.4. The summed E-state index contributed by atoms with van der Waals surface area (Å²) in [6.45, 7) is 2.90. The summed E-state index contributed by atoms with van der Waals surface area (Å²) in [5, 5.41) is 2.83. The van der Waals surface area contributed by atoms with E-state index in [1.54, 1.807) is 41.6 Å². The van der Waals surface area contributed by atoms with Crippen molar-refractivity contribution in [2.45, 2.75) is 37.5 Å². The van der Waals surface area contributed by atoms with Gasteiger partial charge in [-0.15, -0.1) is 0 Å². The fraction of sp³-hybridized carbons (Fsp3) is 0.350. The first kappa shape index (κ1) is 20.3. The molecule has 1 aliphatic rings. The second kappa shape index (κ2) is 8.70. The molecule has 0 bridgehead atoms. The molecule has 0 unspecified atom stereocenters. The minimum Gasteiger partial charge on any atom is -0.322 e. The van der Waals surface area contributed by atoms with Crippen molar-refractivity contribution in [3.8, 4) is 0 Å². The number of aryl methyl sites for hydroxylation is 1. The number of carbonyl (C=O) groups excluding carboxylic acids is 1. The largest absolute Gasteiger partial charge is 0.322 e. The third-order valence-corrected chi connectivity index (χ3v) is 7.73. The van der Waals surface area contributed by atoms with Crippen LogP contribution in [-0.4, -0.2) is 31.7 Å². The van der Waals surface area contributed by atoms with Crippen LogP contribution in [0.3, 0.4) is 0 Å². The monoisotopic (exact) mass is 498 g/mol. The first-order chi connectivity index (χ1) is 12.9. The molecule has 2 aromatic rings. The summed E-state index contributed by atoms with van der Waals surface area (Å²) in [7, 11) is -3.57. The molecule has 1 fully saturated rings. The Kier molecular flexibility index (Phi) is 6.54. The Labute approximate surface area is 174 Å². The number of hydrogen-bond donors (Lipinski definition) is 1. The lowest BCUT2D eigenvalue weighted by atomic mass is 10.2. The quantitative estimate of drug-likeness (QED) is 0.635. The second-order valence-electron chi connectivity index (χ2n) is 6.73. The Morgan fingerprint density at radius 3 is 2.37 bits per heavy atom. The van der Waals surface area contributed by atoms with Gasteiger partial charge in [0.1, 0.15) is 0 Å². The van der Waals surface area contributed by atoms with E-state index in [0.717, 1.165) is 29.3 Å². The molecule has 0 aromatic heterocycles. The molecule has 5 nitrogen and oxygen atoms in total. The van der Waals surface area contributed by atoms with Gasteiger partial charge in [-0.25, -0.2) is 8.42 Å². The van der Waals surface area contributed by atoms with Gasteiger partial charge in [0.15, 0.2) is 0 Å². The summed E-state index contributed by atoms with van der Waals surface area (Å²) >= 11 is 2.11. The Morgan fingerprint density at radius 2 is 1.70 bits per heavy atom. The third kappa shape index (κ3) is 4.70. The van der Waals surface area contributed by atoms with E-state index in [9.17, 15) is 13.2 Å². The first-order valence-electron chi connectivity index (χ1n) is 9.06. The van der Waals surface area contributed by atoms with Gasteiger partial charge in [-0.2, -0.15) is 4.31 Å². The Balaban J connectivity index is 1.88. The van der Waals surface area contributed by atoms with Gasteiger partial charge >= 0.3 is 0 Å². The molecular weight excluding hydrogens is 475 g/mol. The number of rotatable bonds is 4. The van der Waals surface area contributed by atoms with E-state index in [1.807, 2.05) is 12.1 Å². The van der Waals surface area contributed by atoms with E-state index < -0.39 is 10.0 Å². The van der Waals surface area contributed by atoms with Crippen LogP contribution in [0.5, 0.6) is 0 Å². The van der Waals surface area contributed by atoms with E-state index in [0.29, 0.717) is 29.9 Å². The molecule has 1 N–H and O–H groups in total. The Hall–Kier alpha value is -1.45. The maximum absolute atomic E-state index is 13.1. The summed E-state index contributed by atoms with van der Waals surface area (Å²) in [4.78, 5) is 12.8. The highest BCUT2D eigenvalue weighted by Crippen LogP contribution is 2.26. The van der Waals surface area contributed by atoms with Gasteiger partial charge in [0.05, 0.1) is 10.5 Å². The minimum atomic E-state index is -3.57. The highest BCUT2D eigenvalue weighted by Gasteiger charge is 2.27. The van der Waals surface area contributed by atoms with Gasteiger partial charge in [0, 0.05) is 22.3 Å². The highest BCUT2D eigenvalue weighted by molar-refractivity contribution is 14.1. The standard InChI is InChI=1S/C20H23IN2O3S/c1-15-10-11-16(22-20(24)17-8-4-5-9-18(17)21)14-19(15)27(25,26)23-12-6-2-3-7-13-23/h4-5,8-11,14H,2-3,6-7,12-13H2,1H3,(H,22,24). The van der Waals surface area contributed by atoms with E-state index in [2.05, 4.69) is 27.9 Å². The number of sulfonamides is 1. The third-order valence-electron chi connectivity index (χ3n) is 4.75. The first-order valence-corrected chi connectivity index (χ1v) is 11.6. The number of amides is 1. The minimum absolute atomic E-state index is 0.248. The molecule has 2 aromatic carbocycles. The summed E-state index contributed by atoms with van der Waals surface area (Å²) in [5.74, 6) is -0.248. The predicted octanol–water partition coefficient (Wildman–Crippen LogP) is 4.42. The number of carbonyl (C=O) groups is 1. The van der Waals surface area contributed by atoms with Crippen LogP contribution in [0.2, 0.25) is 0 Å². The Morgan fingerprint density at radius 1 is 1.04 bits per heavy atom. The van der Waals surface area contributed by atoms with Crippen LogP contribution in [0, 0.1) is 10.5 Å². The summed E-state index contributed by atoms with van der Waals surface area (Å²) in [6, 6.07) is 12.3. The maximum atomic E-state index is 13.1. The van der Waals surface area contributed by atoms with Crippen molar-refractivity contribution in [2.24, 2.45) is 0 Å². The molecule has 1 saturated heterocycles. The molecule has 0 atom stereocenters. The number of nitrogens with zero attached hydrogens (tertiary/aromatic N) is 1. The van der Waals surface area contributed by atoms with Crippen molar-refractivity contribution in [3.05, 3.63) is 57.2 Å². The number of anilines is 1. The van der Waals surface area contributed by atoms with Crippen LogP contribution < -0.4 is 5.32 Å². The average Bonchev–Trinajstić information content (AvgIpc) is 2.93. The van der Waals surface area contributed by atoms with Crippen LogP contribution in [0.25, 0.3) is 0 Å². The van der Waals surface area contributed by atoms with Crippen molar-refractivity contribution >= 4 is 44.2 Å². The fourth-order valence-electron chi connectivity index (χ4n) is 3.22. The van der Waals surface area contributed by atoms with Crippen LogP contribution in [-0.2, 0) is 10.0 Å². The van der Waals surface area contributed by atoms with Crippen molar-refractivity contribution in [1.82, 2.24) is 4.31 Å². The SMILES string of the molecule is Cc1ccc(NC(=O)c2ccccc2I)cc1S(=O)(=O)N1CCCCCC1. The maximum Gasteiger partial charge on any atom is 0.256 e. The lowest BCUT2D eigenvalue weighted by Crippen LogP contribution is -2.32. The Bertz CT molecular complexity index is 936. The van der Waals surface area contributed by atoms with E-state index in [1.165, 1.54) is 0 Å². The second-order valence-corrected chi connectivity index (χ2v) is 9.80. The van der Waals surface area contributed by atoms with Gasteiger partial charge in [0.2, 0.25) is 10.0 Å². The number of halogens is 1. The topological polar surface area (TPSA) is 66.5 Å². The average molecular weight is 498 g/mol. The zero-order valence-electron chi connectivity index (χ0n) is 15.2. The highest BCUT2D eigenvalue weighted by atomic mass is 127. The van der Waals surface area contributed by atoms with Gasteiger partial charge in [-0.3, -0.25) is 4.79 Å². The van der Waals surface area contributed by atoms with E-state index in [-0.39, 0.29) is 10.8 Å². The predicted molar refractivity (Wildman–Crippen MR) is 116 cm³/mol. The van der Waals surface area contributed by atoms with Crippen molar-refractivity contribution < 1.29 is 13.2 Å². The number of hydrogen-bond acceptors (Lipinski definition) is 3. The molecule has 0 radical (unpaired) electrons. The van der Waals surface area contributed by atoms with Crippen molar-refractivity contribution in [2.75, 3.05) is 18.4 Å². The number of benzene rings is 2. The molecule has 27 heavy (non-hydrogen) atoms. The van der Waals surface area contributed by atoms with Gasteiger partial charge in [0.25, 0.3) is 5.91 Å². The molecule has 7 heteroatoms. The van der Waals surface area contributed by atoms with E-state index in [4.69, 9.17) is 0 Å². The van der Waals surface area contributed by atoms with Crippen LogP contribution in [0.4, 0.5) is 5.69 Å². The fourth-order valence-corrected chi connectivity index (χ4v) is 5.62. The molecule has 0 spiro atoms. The number of nitrogens with one attached hydrogen (secondary N) is 1. The van der Waals surface area contributed by atoms with Gasteiger partial charge in [-0.1, -0.05) is 31.0 Å². The van der Waals surface area contributed by atoms with Crippen LogP contribution in [0.15, 0.2) is 47.4 Å². The van der Waals surface area contributed by atoms with Crippen molar-refractivity contribution in [1.29, 1.82) is 0 Å². The summed E-state index contributed by atoms with van der Waals surface area (Å²) in [5.41, 5.74) is 1.74. The van der Waals surface area contributed by atoms with Crippen LogP contribution in [0.1, 0.15) is 41.6 Å². The molecular formula is C20H23IN2O3S. The van der Waals surface area contributed by atoms with Gasteiger partial charge < -0.3 is 5.32 Å². The smallest absolute Gasteiger partial charge is 0.256 e. The lowest BCUT2D eigenvalue weighted by Gasteiger charge is -2.21. The van der Waals surface area contributed by atoms with Crippen LogP contribution >= 0.6 is 22.6 Å². The lowest BCUT2D eigenvalue weighted by molar-refractivity contribution is 0.102. The molecule has 1 heterocycles. The normalized spacial score (nSPS) is 15.9. The molecule has 1 aliphatic heterocycles. The van der Waals surface area contributed by atoms with Crippen molar-refractivity contribution in [3.63, 3.8) is 0 Å². The molecule has 1 amide bonds. The molecule has 3 rings (SSSR count). The zero-order valence-corrected chi connectivity index (χ0v) is 18.2.